The molecule has 4 aromatic carbocycles. The lowest BCUT2D eigenvalue weighted by molar-refractivity contribution is 0.00578. The molecule has 4 aromatic heterocycles. The minimum absolute atomic E-state index is 0.356. The van der Waals surface area contributed by atoms with Gasteiger partial charge in [0, 0.05) is 26.6 Å². The number of halogens is 1. The van der Waals surface area contributed by atoms with Crippen molar-refractivity contribution in [2.24, 2.45) is 0 Å². The van der Waals surface area contributed by atoms with Crippen LogP contribution in [0.3, 0.4) is 0 Å². The summed E-state index contributed by atoms with van der Waals surface area (Å²) >= 11 is 3.58. The average molecular weight is 886 g/mol. The summed E-state index contributed by atoms with van der Waals surface area (Å²) in [6.07, 6.45) is 14.0. The molecule has 1 fully saturated rings. The SMILES string of the molecule is Brc1cccc2c1CCCC2.Cc1cccc(-n2ncc3ccc(-c4cccc5c4CCCC5)cc32)n1.Cc1cccc(-n2ncc3ccc(B4OC(C)(C)C(C)(C)O4)cc32)n1. The van der Waals surface area contributed by atoms with E-state index in [0.29, 0.717) is 0 Å². The van der Waals surface area contributed by atoms with E-state index in [1.165, 1.54) is 78.1 Å². The Bertz CT molecular complexity index is 2880. The van der Waals surface area contributed by atoms with E-state index in [4.69, 9.17) is 9.31 Å². The minimum atomic E-state index is -0.386. The number of aromatic nitrogens is 6. The maximum atomic E-state index is 6.17. The van der Waals surface area contributed by atoms with E-state index in [9.17, 15) is 0 Å². The van der Waals surface area contributed by atoms with Crippen molar-refractivity contribution in [2.75, 3.05) is 0 Å². The molecule has 8 aromatic rings. The number of hydrogen-bond donors (Lipinski definition) is 0. The second-order valence-electron chi connectivity index (χ2n) is 17.8. The summed E-state index contributed by atoms with van der Waals surface area (Å²) < 4.78 is 17.5. The number of aryl methyl sites for hydroxylation is 4. The normalized spacial score (nSPS) is 16.2. The van der Waals surface area contributed by atoms with Crippen LogP contribution in [0.5, 0.6) is 0 Å². The molecule has 5 heterocycles. The predicted molar refractivity (Wildman–Crippen MR) is 256 cm³/mol. The van der Waals surface area contributed by atoms with E-state index < -0.39 is 0 Å². The molecule has 1 saturated heterocycles. The molecule has 0 atom stereocenters. The van der Waals surface area contributed by atoms with Crippen LogP contribution in [0, 0.1) is 13.8 Å². The van der Waals surface area contributed by atoms with Gasteiger partial charge in [-0.2, -0.15) is 10.2 Å². The number of benzene rings is 4. The van der Waals surface area contributed by atoms with Crippen LogP contribution >= 0.6 is 15.9 Å². The summed E-state index contributed by atoms with van der Waals surface area (Å²) in [4.78, 5) is 9.22. The summed E-state index contributed by atoms with van der Waals surface area (Å²) in [5, 5.41) is 11.3. The number of nitrogens with zero attached hydrogens (tertiary/aromatic N) is 6. The monoisotopic (exact) mass is 884 g/mol. The molecule has 0 saturated carbocycles. The standard InChI is InChI=1S/C23H21N3.C19H22BN3O2.C10H11Br/c1-16-6-4-11-23(25-16)26-22-14-18(12-13-19(22)15-24-26)21-10-5-8-17-7-2-3-9-20(17)21;1-13-7-6-8-17(22-13)23-16-11-15(10-9-14(16)12-21-23)20-24-18(2,3)19(4,5)25-20;11-10-7-3-5-8-4-1-2-6-9(8)10/h4-6,8,10-15H,2-3,7,9H2,1H3;6-12H,1-5H3;3,5,7H,1-2,4,6H2. The predicted octanol–water partition coefficient (Wildman–Crippen LogP) is 11.6. The van der Waals surface area contributed by atoms with Crippen LogP contribution in [0.2, 0.25) is 0 Å². The van der Waals surface area contributed by atoms with Gasteiger partial charge in [-0.3, -0.25) is 0 Å². The van der Waals surface area contributed by atoms with Crippen molar-refractivity contribution in [1.29, 1.82) is 0 Å². The molecule has 1 aliphatic heterocycles. The van der Waals surface area contributed by atoms with Gasteiger partial charge in [0.15, 0.2) is 11.6 Å². The molecule has 0 bridgehead atoms. The van der Waals surface area contributed by atoms with Crippen molar-refractivity contribution in [3.63, 3.8) is 0 Å². The Morgan fingerprint density at radius 1 is 0.565 bits per heavy atom. The Kier molecular flexibility index (Phi) is 11.8. The van der Waals surface area contributed by atoms with Crippen molar-refractivity contribution in [3.05, 3.63) is 160 Å². The van der Waals surface area contributed by atoms with Crippen molar-refractivity contribution >= 4 is 50.3 Å². The zero-order valence-electron chi connectivity index (χ0n) is 36.7. The Hall–Kier alpha value is -5.42. The van der Waals surface area contributed by atoms with Gasteiger partial charge in [-0.25, -0.2) is 19.3 Å². The van der Waals surface area contributed by atoms with Crippen LogP contribution in [0.25, 0.3) is 44.6 Å². The fourth-order valence-electron chi connectivity index (χ4n) is 8.79. The molecule has 0 unspecified atom stereocenters. The first-order valence-corrected chi connectivity index (χ1v) is 22.8. The highest BCUT2D eigenvalue weighted by atomic mass is 79.9. The van der Waals surface area contributed by atoms with E-state index in [-0.39, 0.29) is 18.3 Å². The summed E-state index contributed by atoms with van der Waals surface area (Å²) in [5.74, 6) is 1.67. The Morgan fingerprint density at radius 3 is 1.68 bits per heavy atom. The quantitative estimate of drug-likeness (QED) is 0.164. The summed E-state index contributed by atoms with van der Waals surface area (Å²) in [7, 11) is -0.386. The lowest BCUT2D eigenvalue weighted by Crippen LogP contribution is -2.41. The zero-order valence-corrected chi connectivity index (χ0v) is 38.2. The Balaban J connectivity index is 0.000000128. The van der Waals surface area contributed by atoms with Gasteiger partial charge in [-0.05, 0) is 174 Å². The van der Waals surface area contributed by atoms with Gasteiger partial charge in [0.2, 0.25) is 0 Å². The zero-order chi connectivity index (χ0) is 43.0. The Morgan fingerprint density at radius 2 is 1.08 bits per heavy atom. The third-order valence-electron chi connectivity index (χ3n) is 12.9. The van der Waals surface area contributed by atoms with Gasteiger partial charge in [-0.15, -0.1) is 0 Å². The molecule has 8 nitrogen and oxygen atoms in total. The second kappa shape index (κ2) is 17.4. The average Bonchev–Trinajstić information content (AvgIpc) is 3.96. The summed E-state index contributed by atoms with van der Waals surface area (Å²) in [6, 6.07) is 38.1. The highest BCUT2D eigenvalue weighted by molar-refractivity contribution is 9.10. The van der Waals surface area contributed by atoms with Crippen molar-refractivity contribution < 1.29 is 9.31 Å². The van der Waals surface area contributed by atoms with Crippen molar-refractivity contribution in [1.82, 2.24) is 29.5 Å². The minimum Gasteiger partial charge on any atom is -0.399 e. The number of hydrogen-bond acceptors (Lipinski definition) is 6. The smallest absolute Gasteiger partial charge is 0.399 e. The maximum absolute atomic E-state index is 6.17. The number of rotatable bonds is 4. The maximum Gasteiger partial charge on any atom is 0.494 e. The van der Waals surface area contributed by atoms with Crippen LogP contribution in [-0.4, -0.2) is 47.8 Å². The van der Waals surface area contributed by atoms with E-state index in [0.717, 1.165) is 50.3 Å². The van der Waals surface area contributed by atoms with E-state index in [2.05, 4.69) is 131 Å². The molecule has 62 heavy (non-hydrogen) atoms. The lowest BCUT2D eigenvalue weighted by atomic mass is 9.79. The molecule has 0 N–H and O–H groups in total. The largest absolute Gasteiger partial charge is 0.494 e. The highest BCUT2D eigenvalue weighted by Crippen LogP contribution is 2.37. The molecule has 0 spiro atoms. The summed E-state index contributed by atoms with van der Waals surface area (Å²) in [6.45, 7) is 12.2. The lowest BCUT2D eigenvalue weighted by Gasteiger charge is -2.32. The van der Waals surface area contributed by atoms with Gasteiger partial charge < -0.3 is 9.31 Å². The summed E-state index contributed by atoms with van der Waals surface area (Å²) in [5.41, 5.74) is 13.1. The Labute approximate surface area is 374 Å². The fraction of sp³-hybridized carbons (Fsp3) is 0.308. The van der Waals surface area contributed by atoms with Crippen molar-refractivity contribution in [2.45, 2.75) is 104 Å². The van der Waals surface area contributed by atoms with E-state index in [1.54, 1.807) is 11.1 Å². The molecule has 314 valence electrons. The molecule has 11 rings (SSSR count). The number of pyridine rings is 2. The van der Waals surface area contributed by atoms with Crippen LogP contribution in [0.15, 0.2) is 126 Å². The topological polar surface area (TPSA) is 79.9 Å². The first kappa shape index (κ1) is 41.9. The molecule has 2 aliphatic carbocycles. The van der Waals surface area contributed by atoms with Crippen LogP contribution < -0.4 is 5.46 Å². The fourth-order valence-corrected chi connectivity index (χ4v) is 9.40. The van der Waals surface area contributed by atoms with Crippen LogP contribution in [-0.2, 0) is 35.0 Å². The molecular weight excluding hydrogens is 831 g/mol. The van der Waals surface area contributed by atoms with Gasteiger partial charge in [0.1, 0.15) is 0 Å². The molecule has 0 amide bonds. The van der Waals surface area contributed by atoms with E-state index >= 15 is 0 Å². The highest BCUT2D eigenvalue weighted by Gasteiger charge is 2.51. The molecule has 3 aliphatic rings. The molecular formula is C52H54BBrN6O2. The first-order chi connectivity index (χ1) is 29.9. The number of fused-ring (bicyclic) bond motifs is 4. The molecule has 0 radical (unpaired) electrons. The second-order valence-corrected chi connectivity index (χ2v) is 18.7. The first-order valence-electron chi connectivity index (χ1n) is 22.0. The third-order valence-corrected chi connectivity index (χ3v) is 13.7. The van der Waals surface area contributed by atoms with Crippen LogP contribution in [0.4, 0.5) is 0 Å². The van der Waals surface area contributed by atoms with Gasteiger partial charge >= 0.3 is 7.12 Å². The van der Waals surface area contributed by atoms with Gasteiger partial charge in [0.25, 0.3) is 0 Å². The van der Waals surface area contributed by atoms with Gasteiger partial charge in [-0.1, -0.05) is 82.7 Å². The van der Waals surface area contributed by atoms with Gasteiger partial charge in [0.05, 0.1) is 34.6 Å². The van der Waals surface area contributed by atoms with E-state index in [1.807, 2.05) is 78.1 Å². The molecule has 10 heteroatoms. The van der Waals surface area contributed by atoms with Crippen LogP contribution in [0.1, 0.15) is 87.0 Å². The van der Waals surface area contributed by atoms with Crippen molar-refractivity contribution in [3.8, 4) is 22.8 Å². The third kappa shape index (κ3) is 8.53.